The second-order valence-corrected chi connectivity index (χ2v) is 8.51. The quantitative estimate of drug-likeness (QED) is 0.258. The second-order valence-electron chi connectivity index (χ2n) is 7.25. The number of halogens is 3. The first-order valence-electron chi connectivity index (χ1n) is 10.3. The van der Waals surface area contributed by atoms with Gasteiger partial charge in [0.1, 0.15) is 12.4 Å². The van der Waals surface area contributed by atoms with E-state index >= 15 is 0 Å². The molecule has 3 nitrogen and oxygen atoms in total. The van der Waals surface area contributed by atoms with E-state index in [4.69, 9.17) is 21.1 Å². The number of benzene rings is 4. The smallest absolute Gasteiger partial charge is 0.175 e. The van der Waals surface area contributed by atoms with E-state index in [1.807, 2.05) is 37.3 Å². The lowest BCUT2D eigenvalue weighted by molar-refractivity contribution is 0.268. The van der Waals surface area contributed by atoms with Crippen molar-refractivity contribution in [2.45, 2.75) is 20.1 Å². The molecule has 0 saturated carbocycles. The highest BCUT2D eigenvalue weighted by molar-refractivity contribution is 9.10. The average molecular weight is 515 g/mol. The Morgan fingerprint density at radius 3 is 2.59 bits per heavy atom. The van der Waals surface area contributed by atoms with Gasteiger partial charge in [-0.1, -0.05) is 54.1 Å². The lowest BCUT2D eigenvalue weighted by atomic mass is 10.1. The number of rotatable bonds is 8. The van der Waals surface area contributed by atoms with Gasteiger partial charge in [0.15, 0.2) is 11.5 Å². The summed E-state index contributed by atoms with van der Waals surface area (Å²) in [5, 5.41) is 5.69. The predicted molar refractivity (Wildman–Crippen MR) is 132 cm³/mol. The van der Waals surface area contributed by atoms with Gasteiger partial charge in [-0.15, -0.1) is 0 Å². The van der Waals surface area contributed by atoms with Crippen molar-refractivity contribution in [2.75, 3.05) is 11.9 Å². The summed E-state index contributed by atoms with van der Waals surface area (Å²) >= 11 is 9.51. The molecule has 0 unspecified atom stereocenters. The monoisotopic (exact) mass is 513 g/mol. The molecule has 4 rings (SSSR count). The molecule has 0 radical (unpaired) electrons. The molecule has 0 atom stereocenters. The topological polar surface area (TPSA) is 30.5 Å². The molecule has 0 aliphatic carbocycles. The van der Waals surface area contributed by atoms with Crippen LogP contribution in [0.1, 0.15) is 18.1 Å². The van der Waals surface area contributed by atoms with Crippen LogP contribution in [0.4, 0.5) is 10.1 Å². The third-order valence-corrected chi connectivity index (χ3v) is 5.92. The fraction of sp³-hybridized carbons (Fsp3) is 0.154. The number of nitrogens with one attached hydrogen (secondary N) is 1. The van der Waals surface area contributed by atoms with E-state index in [0.717, 1.165) is 21.3 Å². The third-order valence-electron chi connectivity index (χ3n) is 5.04. The van der Waals surface area contributed by atoms with Crippen molar-refractivity contribution in [3.05, 3.63) is 99.2 Å². The Bertz CT molecular complexity index is 1240. The van der Waals surface area contributed by atoms with Crippen molar-refractivity contribution in [2.24, 2.45) is 0 Å². The Morgan fingerprint density at radius 2 is 1.78 bits per heavy atom. The lowest BCUT2D eigenvalue weighted by Gasteiger charge is -2.17. The zero-order valence-electron chi connectivity index (χ0n) is 17.5. The normalized spacial score (nSPS) is 10.9. The molecular weight excluding hydrogens is 493 g/mol. The second kappa shape index (κ2) is 10.2. The maximum Gasteiger partial charge on any atom is 0.175 e. The van der Waals surface area contributed by atoms with Crippen molar-refractivity contribution in [1.82, 2.24) is 0 Å². The van der Waals surface area contributed by atoms with Crippen LogP contribution in [0.3, 0.4) is 0 Å². The number of hydrogen-bond donors (Lipinski definition) is 1. The molecule has 32 heavy (non-hydrogen) atoms. The van der Waals surface area contributed by atoms with Gasteiger partial charge >= 0.3 is 0 Å². The first-order chi connectivity index (χ1) is 15.5. The van der Waals surface area contributed by atoms with Crippen LogP contribution < -0.4 is 14.8 Å². The maximum atomic E-state index is 13.4. The summed E-state index contributed by atoms with van der Waals surface area (Å²) in [6, 6.07) is 23.0. The minimum Gasteiger partial charge on any atom is -0.490 e. The van der Waals surface area contributed by atoms with Crippen LogP contribution in [0.5, 0.6) is 11.5 Å². The first kappa shape index (κ1) is 22.4. The molecule has 0 heterocycles. The summed E-state index contributed by atoms with van der Waals surface area (Å²) in [4.78, 5) is 0. The molecule has 6 heteroatoms. The molecular formula is C26H22BrClFNO2. The van der Waals surface area contributed by atoms with Gasteiger partial charge in [-0.3, -0.25) is 0 Å². The summed E-state index contributed by atoms with van der Waals surface area (Å²) < 4.78 is 26.3. The maximum absolute atomic E-state index is 13.4. The number of fused-ring (bicyclic) bond motifs is 1. The molecule has 1 N–H and O–H groups in total. The van der Waals surface area contributed by atoms with Gasteiger partial charge in [0.05, 0.1) is 16.1 Å². The zero-order chi connectivity index (χ0) is 22.5. The zero-order valence-corrected chi connectivity index (χ0v) is 19.8. The molecule has 4 aromatic rings. The van der Waals surface area contributed by atoms with Crippen molar-refractivity contribution in [1.29, 1.82) is 0 Å². The van der Waals surface area contributed by atoms with Gasteiger partial charge in [-0.05, 0) is 75.1 Å². The minimum absolute atomic E-state index is 0.0865. The molecule has 164 valence electrons. The van der Waals surface area contributed by atoms with Crippen LogP contribution in [0.15, 0.2) is 77.3 Å². The predicted octanol–water partition coefficient (Wildman–Crippen LogP) is 7.98. The molecule has 0 amide bonds. The minimum atomic E-state index is -0.439. The Labute approximate surface area is 200 Å². The van der Waals surface area contributed by atoms with Crippen LogP contribution >= 0.6 is 27.5 Å². The largest absolute Gasteiger partial charge is 0.490 e. The number of hydrogen-bond acceptors (Lipinski definition) is 3. The average Bonchev–Trinajstić information content (AvgIpc) is 2.79. The van der Waals surface area contributed by atoms with Crippen molar-refractivity contribution < 1.29 is 13.9 Å². The molecule has 0 saturated heterocycles. The summed E-state index contributed by atoms with van der Waals surface area (Å²) in [6.07, 6.45) is 0. The molecule has 0 bridgehead atoms. The van der Waals surface area contributed by atoms with Gasteiger partial charge in [0.25, 0.3) is 0 Å². The van der Waals surface area contributed by atoms with Crippen molar-refractivity contribution in [3.8, 4) is 11.5 Å². The fourth-order valence-corrected chi connectivity index (χ4v) is 4.29. The summed E-state index contributed by atoms with van der Waals surface area (Å²) in [5.74, 6) is 0.885. The summed E-state index contributed by atoms with van der Waals surface area (Å²) in [6.45, 7) is 3.39. The van der Waals surface area contributed by atoms with Crippen LogP contribution in [-0.4, -0.2) is 6.61 Å². The first-order valence-corrected chi connectivity index (χ1v) is 11.5. The summed E-state index contributed by atoms with van der Waals surface area (Å²) in [7, 11) is 0. The van der Waals surface area contributed by atoms with E-state index < -0.39 is 5.82 Å². The Morgan fingerprint density at radius 1 is 0.969 bits per heavy atom. The van der Waals surface area contributed by atoms with Crippen LogP contribution in [-0.2, 0) is 13.2 Å². The van der Waals surface area contributed by atoms with Crippen LogP contribution in [0, 0.1) is 5.82 Å². The molecule has 0 aromatic heterocycles. The number of ether oxygens (including phenoxy) is 2. The molecule has 0 fully saturated rings. The van der Waals surface area contributed by atoms with E-state index in [-0.39, 0.29) is 5.02 Å². The van der Waals surface area contributed by atoms with Gasteiger partial charge in [-0.25, -0.2) is 4.39 Å². The lowest BCUT2D eigenvalue weighted by Crippen LogP contribution is -2.04. The SMILES string of the molecule is CCOc1cc(CNc2ccc(F)c(Cl)c2)cc(Br)c1OCc1cccc2ccccc12. The van der Waals surface area contributed by atoms with Crippen molar-refractivity contribution in [3.63, 3.8) is 0 Å². The number of anilines is 1. The van der Waals surface area contributed by atoms with Crippen LogP contribution in [0.2, 0.25) is 5.02 Å². The summed E-state index contributed by atoms with van der Waals surface area (Å²) in [5.41, 5.74) is 2.83. The van der Waals surface area contributed by atoms with E-state index in [1.165, 1.54) is 16.8 Å². The third kappa shape index (κ3) is 5.17. The molecule has 0 spiro atoms. The highest BCUT2D eigenvalue weighted by atomic mass is 79.9. The van der Waals surface area contributed by atoms with E-state index in [9.17, 15) is 4.39 Å². The standard InChI is InChI=1S/C26H22BrClFNO2/c1-2-31-25-13-17(15-30-20-10-11-24(29)23(28)14-20)12-22(27)26(25)32-16-19-8-5-7-18-6-3-4-9-21(18)19/h3-14,30H,2,15-16H2,1H3. The Kier molecular flexibility index (Phi) is 7.18. The Hall–Kier alpha value is -2.76. The van der Waals surface area contributed by atoms with E-state index in [0.29, 0.717) is 31.3 Å². The molecule has 4 aromatic carbocycles. The van der Waals surface area contributed by atoms with Gasteiger partial charge < -0.3 is 14.8 Å². The fourth-order valence-electron chi connectivity index (χ4n) is 3.50. The molecule has 0 aliphatic rings. The van der Waals surface area contributed by atoms with Crippen molar-refractivity contribution >= 4 is 44.0 Å². The Balaban J connectivity index is 1.53. The van der Waals surface area contributed by atoms with Gasteiger partial charge in [0, 0.05) is 12.2 Å². The van der Waals surface area contributed by atoms with Crippen LogP contribution in [0.25, 0.3) is 10.8 Å². The van der Waals surface area contributed by atoms with E-state index in [1.54, 1.807) is 12.1 Å². The molecule has 0 aliphatic heterocycles. The van der Waals surface area contributed by atoms with Gasteiger partial charge in [0.2, 0.25) is 0 Å². The highest BCUT2D eigenvalue weighted by Crippen LogP contribution is 2.38. The van der Waals surface area contributed by atoms with E-state index in [2.05, 4.69) is 45.5 Å². The van der Waals surface area contributed by atoms with Gasteiger partial charge in [-0.2, -0.15) is 0 Å². The highest BCUT2D eigenvalue weighted by Gasteiger charge is 2.14.